The van der Waals surface area contributed by atoms with E-state index in [0.717, 1.165) is 51.4 Å². The summed E-state index contributed by atoms with van der Waals surface area (Å²) in [4.78, 5) is 23.0. The van der Waals surface area contributed by atoms with Gasteiger partial charge in [-0.3, -0.25) is 9.59 Å². The standard InChI is InChI=1S/C30H58O4/c1-3-5-27-33-29(31)25-23-21-19-17-15-13-11-9-7-8-10-12-14-16-18-20-22-24-26-30(32)34-28-6-4-2/h3-28H2,1-2H3. The highest BCUT2D eigenvalue weighted by Gasteiger charge is 2.03. The van der Waals surface area contributed by atoms with Crippen LogP contribution in [0.2, 0.25) is 0 Å². The summed E-state index contributed by atoms with van der Waals surface area (Å²) in [5.41, 5.74) is 0. The Hall–Kier alpha value is -1.06. The van der Waals surface area contributed by atoms with Crippen molar-refractivity contribution in [3.05, 3.63) is 0 Å². The van der Waals surface area contributed by atoms with Crippen LogP contribution in [-0.2, 0) is 19.1 Å². The van der Waals surface area contributed by atoms with Gasteiger partial charge in [-0.2, -0.15) is 0 Å². The second-order valence-corrected chi connectivity index (χ2v) is 10.0. The summed E-state index contributed by atoms with van der Waals surface area (Å²) in [6.45, 7) is 5.41. The molecule has 0 rings (SSSR count). The van der Waals surface area contributed by atoms with E-state index in [0.29, 0.717) is 26.1 Å². The smallest absolute Gasteiger partial charge is 0.305 e. The van der Waals surface area contributed by atoms with Crippen LogP contribution in [0.25, 0.3) is 0 Å². The van der Waals surface area contributed by atoms with Crippen LogP contribution in [0.4, 0.5) is 0 Å². The molecule has 0 aromatic rings. The Bertz CT molecular complexity index is 396. The highest BCUT2D eigenvalue weighted by atomic mass is 16.5. The summed E-state index contributed by atoms with van der Waals surface area (Å²) >= 11 is 0. The fourth-order valence-electron chi connectivity index (χ4n) is 4.17. The Balaban J connectivity index is 3.12. The van der Waals surface area contributed by atoms with Gasteiger partial charge >= 0.3 is 11.9 Å². The molecule has 0 unspecified atom stereocenters. The van der Waals surface area contributed by atoms with Crippen molar-refractivity contribution in [2.24, 2.45) is 0 Å². The minimum absolute atomic E-state index is 0.0121. The van der Waals surface area contributed by atoms with Gasteiger partial charge in [0.1, 0.15) is 0 Å². The third kappa shape index (κ3) is 27.2. The van der Waals surface area contributed by atoms with Gasteiger partial charge in [-0.15, -0.1) is 0 Å². The highest BCUT2D eigenvalue weighted by Crippen LogP contribution is 2.15. The predicted molar refractivity (Wildman–Crippen MR) is 144 cm³/mol. The molecule has 0 heterocycles. The van der Waals surface area contributed by atoms with E-state index in [-0.39, 0.29) is 11.9 Å². The lowest BCUT2D eigenvalue weighted by molar-refractivity contribution is -0.144. The zero-order valence-corrected chi connectivity index (χ0v) is 23.0. The van der Waals surface area contributed by atoms with Gasteiger partial charge in [-0.05, 0) is 25.7 Å². The van der Waals surface area contributed by atoms with Crippen LogP contribution in [0.15, 0.2) is 0 Å². The van der Waals surface area contributed by atoms with E-state index >= 15 is 0 Å². The molecule has 0 aliphatic rings. The molecular formula is C30H58O4. The largest absolute Gasteiger partial charge is 0.466 e. The van der Waals surface area contributed by atoms with Crippen molar-refractivity contribution < 1.29 is 19.1 Å². The number of esters is 2. The van der Waals surface area contributed by atoms with Gasteiger partial charge in [0.05, 0.1) is 13.2 Å². The lowest BCUT2D eigenvalue weighted by atomic mass is 10.0. The zero-order valence-electron chi connectivity index (χ0n) is 23.0. The van der Waals surface area contributed by atoms with Gasteiger partial charge in [-0.25, -0.2) is 0 Å². The predicted octanol–water partition coefficient (Wildman–Crippen LogP) is 9.48. The molecule has 0 aliphatic carbocycles. The quantitative estimate of drug-likeness (QED) is 0.0864. The van der Waals surface area contributed by atoms with Crippen LogP contribution in [0.3, 0.4) is 0 Å². The van der Waals surface area contributed by atoms with Gasteiger partial charge in [-0.1, -0.05) is 129 Å². The Morgan fingerprint density at radius 1 is 0.382 bits per heavy atom. The van der Waals surface area contributed by atoms with Crippen molar-refractivity contribution in [1.29, 1.82) is 0 Å². The summed E-state index contributed by atoms with van der Waals surface area (Å²) in [5.74, 6) is -0.0242. The molecule has 202 valence electrons. The van der Waals surface area contributed by atoms with Crippen molar-refractivity contribution in [3.63, 3.8) is 0 Å². The molecule has 0 saturated carbocycles. The maximum atomic E-state index is 11.5. The average molecular weight is 483 g/mol. The number of carbonyl (C=O) groups is 2. The van der Waals surface area contributed by atoms with Crippen molar-refractivity contribution in [3.8, 4) is 0 Å². The number of hydrogen-bond donors (Lipinski definition) is 0. The van der Waals surface area contributed by atoms with Gasteiger partial charge in [0, 0.05) is 12.8 Å². The van der Waals surface area contributed by atoms with Crippen LogP contribution in [0, 0.1) is 0 Å². The molecule has 0 saturated heterocycles. The van der Waals surface area contributed by atoms with Gasteiger partial charge < -0.3 is 9.47 Å². The monoisotopic (exact) mass is 482 g/mol. The molecule has 34 heavy (non-hydrogen) atoms. The fourth-order valence-corrected chi connectivity index (χ4v) is 4.17. The molecule has 0 N–H and O–H groups in total. The number of hydrogen-bond acceptors (Lipinski definition) is 4. The first kappa shape index (κ1) is 32.9. The summed E-state index contributed by atoms with van der Waals surface area (Å²) < 4.78 is 10.4. The molecular weight excluding hydrogens is 424 g/mol. The van der Waals surface area contributed by atoms with Crippen LogP contribution in [0.1, 0.15) is 168 Å². The van der Waals surface area contributed by atoms with E-state index in [9.17, 15) is 9.59 Å². The molecule has 0 amide bonds. The van der Waals surface area contributed by atoms with E-state index in [1.807, 2.05) is 0 Å². The van der Waals surface area contributed by atoms with Gasteiger partial charge in [0.2, 0.25) is 0 Å². The summed E-state index contributed by atoms with van der Waals surface area (Å²) in [6, 6.07) is 0. The summed E-state index contributed by atoms with van der Waals surface area (Å²) in [7, 11) is 0. The molecule has 0 aromatic carbocycles. The Morgan fingerprint density at radius 3 is 0.853 bits per heavy atom. The summed E-state index contributed by atoms with van der Waals surface area (Å²) in [6.07, 6.45) is 28.5. The normalized spacial score (nSPS) is 11.0. The highest BCUT2D eigenvalue weighted by molar-refractivity contribution is 5.69. The van der Waals surface area contributed by atoms with Crippen molar-refractivity contribution in [2.75, 3.05) is 13.2 Å². The minimum atomic E-state index is -0.0121. The molecule has 0 aliphatic heterocycles. The van der Waals surface area contributed by atoms with Crippen LogP contribution < -0.4 is 0 Å². The zero-order chi connectivity index (χ0) is 25.0. The number of carbonyl (C=O) groups excluding carboxylic acids is 2. The molecule has 0 fully saturated rings. The Kier molecular flexibility index (Phi) is 27.3. The van der Waals surface area contributed by atoms with E-state index < -0.39 is 0 Å². The first-order valence-electron chi connectivity index (χ1n) is 15.0. The van der Waals surface area contributed by atoms with Crippen LogP contribution in [0.5, 0.6) is 0 Å². The van der Waals surface area contributed by atoms with Crippen LogP contribution >= 0.6 is 0 Å². The van der Waals surface area contributed by atoms with E-state index in [1.165, 1.54) is 89.9 Å². The van der Waals surface area contributed by atoms with E-state index in [2.05, 4.69) is 13.8 Å². The third-order valence-electron chi connectivity index (χ3n) is 6.53. The molecule has 0 bridgehead atoms. The maximum absolute atomic E-state index is 11.5. The SMILES string of the molecule is CCCCOC(=O)CCCCCCCCCCCCCCCCCCCCC(=O)OCCCC. The van der Waals surface area contributed by atoms with E-state index in [4.69, 9.17) is 9.47 Å². The topological polar surface area (TPSA) is 52.6 Å². The number of rotatable bonds is 27. The first-order valence-corrected chi connectivity index (χ1v) is 15.0. The van der Waals surface area contributed by atoms with Gasteiger partial charge in [0.25, 0.3) is 0 Å². The second-order valence-electron chi connectivity index (χ2n) is 10.0. The lowest BCUT2D eigenvalue weighted by Crippen LogP contribution is -2.05. The molecule has 0 aromatic heterocycles. The molecule has 4 heteroatoms. The van der Waals surface area contributed by atoms with Crippen molar-refractivity contribution >= 4 is 11.9 Å². The number of ether oxygens (including phenoxy) is 2. The fraction of sp³-hybridized carbons (Fsp3) is 0.933. The van der Waals surface area contributed by atoms with Crippen LogP contribution in [-0.4, -0.2) is 25.2 Å². The van der Waals surface area contributed by atoms with Gasteiger partial charge in [0.15, 0.2) is 0 Å². The van der Waals surface area contributed by atoms with Crippen molar-refractivity contribution in [2.45, 2.75) is 168 Å². The average Bonchev–Trinajstić information content (AvgIpc) is 2.83. The molecule has 0 atom stereocenters. The maximum Gasteiger partial charge on any atom is 0.305 e. The molecule has 4 nitrogen and oxygen atoms in total. The lowest BCUT2D eigenvalue weighted by Gasteiger charge is -2.05. The molecule has 0 spiro atoms. The molecule has 0 radical (unpaired) electrons. The first-order chi connectivity index (χ1) is 16.7. The van der Waals surface area contributed by atoms with E-state index in [1.54, 1.807) is 0 Å². The third-order valence-corrected chi connectivity index (χ3v) is 6.53. The second kappa shape index (κ2) is 28.2. The minimum Gasteiger partial charge on any atom is -0.466 e. The Morgan fingerprint density at radius 2 is 0.618 bits per heavy atom. The van der Waals surface area contributed by atoms with Crippen molar-refractivity contribution in [1.82, 2.24) is 0 Å². The number of unbranched alkanes of at least 4 members (excludes halogenated alkanes) is 19. The summed E-state index contributed by atoms with van der Waals surface area (Å²) in [5, 5.41) is 0. The Labute approximate surface area is 212 Å².